The predicted octanol–water partition coefficient (Wildman–Crippen LogP) is 2.32. The number of carbonyl (C=O) groups excluding carboxylic acids is 1. The lowest BCUT2D eigenvalue weighted by Crippen LogP contribution is -2.55. The molecule has 0 aliphatic carbocycles. The number of nitrogens with zero attached hydrogens (tertiary/aromatic N) is 3. The standard InChI is InChI=1S/C18H24N4O/c1-21-13-6-5-7-14(21)11-12(10-13)19-18(23)17-15-8-3-4-9-16(15)22(2)20-17/h3-4,8-9,12-14H,5-7,10-11H2,1-2H3,(H,19,23)/i1D3,3D,4D,8D,9D,10D2,11D2,12D. The molecule has 5 heteroatoms. The van der Waals surface area contributed by atoms with Crippen molar-refractivity contribution in [2.75, 3.05) is 6.98 Å². The van der Waals surface area contributed by atoms with Gasteiger partial charge in [-0.05, 0) is 38.6 Å². The lowest BCUT2D eigenvalue weighted by Gasteiger charge is -2.47. The van der Waals surface area contributed by atoms with Crippen LogP contribution in [0.4, 0.5) is 0 Å². The summed E-state index contributed by atoms with van der Waals surface area (Å²) in [5.41, 5.74) is -0.601. The van der Waals surface area contributed by atoms with Crippen LogP contribution in [0.3, 0.4) is 0 Å². The zero-order valence-electron chi connectivity index (χ0n) is 24.5. The zero-order valence-corrected chi connectivity index (χ0v) is 12.5. The minimum Gasteiger partial charge on any atom is -0.348 e. The molecule has 4 rings (SSSR count). The number of benzene rings is 1. The van der Waals surface area contributed by atoms with Gasteiger partial charge in [-0.2, -0.15) is 5.10 Å². The topological polar surface area (TPSA) is 50.2 Å². The number of amides is 1. The lowest BCUT2D eigenvalue weighted by atomic mass is 9.82. The van der Waals surface area contributed by atoms with Crippen LogP contribution >= 0.6 is 0 Å². The quantitative estimate of drug-likeness (QED) is 0.922. The van der Waals surface area contributed by atoms with Crippen LogP contribution in [0.2, 0.25) is 0 Å². The average molecular weight is 324 g/mol. The molecule has 3 heterocycles. The third-order valence-electron chi connectivity index (χ3n) is 4.18. The van der Waals surface area contributed by atoms with Crippen molar-refractivity contribution in [1.29, 1.82) is 0 Å². The predicted molar refractivity (Wildman–Crippen MR) is 90.4 cm³/mol. The molecule has 1 aromatic heterocycles. The van der Waals surface area contributed by atoms with Gasteiger partial charge in [-0.25, -0.2) is 0 Å². The molecule has 1 amide bonds. The van der Waals surface area contributed by atoms with Gasteiger partial charge in [0.05, 0.1) is 12.4 Å². The number of rotatable bonds is 2. The van der Waals surface area contributed by atoms with Gasteiger partial charge in [-0.15, -0.1) is 0 Å². The molecular weight excluding hydrogens is 288 g/mol. The van der Waals surface area contributed by atoms with E-state index in [1.54, 1.807) is 0 Å². The van der Waals surface area contributed by atoms with Crippen LogP contribution in [0.25, 0.3) is 10.9 Å². The molecule has 2 bridgehead atoms. The van der Waals surface area contributed by atoms with Crippen LogP contribution in [-0.2, 0) is 7.05 Å². The summed E-state index contributed by atoms with van der Waals surface area (Å²) < 4.78 is 100. The summed E-state index contributed by atoms with van der Waals surface area (Å²) in [4.78, 5) is 14.2. The summed E-state index contributed by atoms with van der Waals surface area (Å²) >= 11 is 0. The number of aromatic nitrogens is 2. The summed E-state index contributed by atoms with van der Waals surface area (Å²) in [6, 6.07) is -7.81. The first-order valence-electron chi connectivity index (χ1n) is 13.4. The Labute approximate surface area is 153 Å². The van der Waals surface area contributed by atoms with E-state index in [1.807, 2.05) is 0 Å². The second-order valence-electron chi connectivity index (χ2n) is 5.68. The molecular formula is C18H24N4O. The maximum Gasteiger partial charge on any atom is 0.272 e. The van der Waals surface area contributed by atoms with E-state index < -0.39 is 73.6 Å². The number of aryl methyl sites for hydroxylation is 1. The van der Waals surface area contributed by atoms with Gasteiger partial charge in [-0.1, -0.05) is 24.5 Å². The van der Waals surface area contributed by atoms with Crippen molar-refractivity contribution >= 4 is 16.8 Å². The van der Waals surface area contributed by atoms with Crippen LogP contribution in [0.5, 0.6) is 0 Å². The van der Waals surface area contributed by atoms with Gasteiger partial charge in [0.15, 0.2) is 5.69 Å². The Morgan fingerprint density at radius 1 is 1.43 bits per heavy atom. The third kappa shape index (κ3) is 2.53. The Morgan fingerprint density at radius 2 is 2.17 bits per heavy atom. The number of hydrogen-bond acceptors (Lipinski definition) is 3. The van der Waals surface area contributed by atoms with E-state index in [0.717, 1.165) is 9.58 Å². The van der Waals surface area contributed by atoms with Crippen LogP contribution in [0.1, 0.15) is 58.9 Å². The lowest BCUT2D eigenvalue weighted by molar-refractivity contribution is 0.0462. The van der Waals surface area contributed by atoms with E-state index in [4.69, 9.17) is 16.4 Å². The number of fused-ring (bicyclic) bond motifs is 3. The minimum atomic E-state index is -2.93. The van der Waals surface area contributed by atoms with Crippen molar-refractivity contribution in [3.05, 3.63) is 29.9 Å². The molecule has 2 fully saturated rings. The fraction of sp³-hybridized carbons (Fsp3) is 0.556. The maximum absolute atomic E-state index is 13.4. The molecule has 122 valence electrons. The van der Waals surface area contributed by atoms with Crippen LogP contribution < -0.4 is 5.32 Å². The first-order chi connectivity index (χ1) is 15.9. The molecule has 5 nitrogen and oxygen atoms in total. The van der Waals surface area contributed by atoms with Gasteiger partial charge in [-0.3, -0.25) is 9.48 Å². The molecule has 1 aromatic carbocycles. The molecule has 23 heavy (non-hydrogen) atoms. The zero-order chi connectivity index (χ0) is 26.5. The molecule has 2 aromatic rings. The largest absolute Gasteiger partial charge is 0.348 e. The Bertz CT molecular complexity index is 1200. The fourth-order valence-corrected chi connectivity index (χ4v) is 3.03. The van der Waals surface area contributed by atoms with Crippen molar-refractivity contribution in [2.24, 2.45) is 7.05 Å². The summed E-state index contributed by atoms with van der Waals surface area (Å²) in [6.07, 6.45) is -5.24. The highest BCUT2D eigenvalue weighted by molar-refractivity contribution is 6.04. The van der Waals surface area contributed by atoms with Crippen molar-refractivity contribution < 1.29 is 21.2 Å². The molecule has 2 saturated heterocycles. The molecule has 2 aliphatic rings. The molecule has 2 aliphatic heterocycles. The van der Waals surface area contributed by atoms with Crippen molar-refractivity contribution in [2.45, 2.75) is 50.1 Å². The Hall–Kier alpha value is -1.88. The Morgan fingerprint density at radius 3 is 2.91 bits per heavy atom. The summed E-state index contributed by atoms with van der Waals surface area (Å²) in [5, 5.41) is 5.85. The average Bonchev–Trinajstić information content (AvgIpc) is 3.11. The first kappa shape index (κ1) is 6.55. The summed E-state index contributed by atoms with van der Waals surface area (Å²) in [7, 11) is 1.36. The normalized spacial score (nSPS) is 43.7. The molecule has 0 radical (unpaired) electrons. The van der Waals surface area contributed by atoms with Gasteiger partial charge in [0.1, 0.15) is 0 Å². The highest BCUT2D eigenvalue weighted by Gasteiger charge is 2.36. The van der Waals surface area contributed by atoms with E-state index in [2.05, 4.69) is 10.4 Å². The highest BCUT2D eigenvalue weighted by Crippen LogP contribution is 2.32. The highest BCUT2D eigenvalue weighted by atomic mass is 16.2. The molecule has 2 unspecified atom stereocenters. The van der Waals surface area contributed by atoms with Gasteiger partial charge in [0, 0.05) is 40.1 Å². The molecule has 0 saturated carbocycles. The fourth-order valence-electron chi connectivity index (χ4n) is 3.03. The van der Waals surface area contributed by atoms with Gasteiger partial charge in [0.25, 0.3) is 5.91 Å². The van der Waals surface area contributed by atoms with E-state index >= 15 is 0 Å². The smallest absolute Gasteiger partial charge is 0.272 e. The monoisotopic (exact) mass is 324 g/mol. The molecule has 1 N–H and O–H groups in total. The molecule has 0 spiro atoms. The molecule has 2 atom stereocenters. The number of carbonyl (C=O) groups is 1. The second-order valence-corrected chi connectivity index (χ2v) is 5.68. The van der Waals surface area contributed by atoms with E-state index in [-0.39, 0.29) is 23.7 Å². The maximum atomic E-state index is 13.4. The second kappa shape index (κ2) is 5.64. The number of piperidine rings is 2. The SMILES string of the molecule is [2H]c1c([2H])c([2H])c2c(c(C(=O)NC3([2H])C([2H])([2H])C4CCCC(N4C([2H])([2H])[2H])C3([2H])[2H])nn2C)c1[2H]. The van der Waals surface area contributed by atoms with Crippen molar-refractivity contribution in [3.63, 3.8) is 0 Å². The van der Waals surface area contributed by atoms with Crippen LogP contribution in [-0.4, -0.2) is 45.7 Å². The number of para-hydroxylation sites is 1. The van der Waals surface area contributed by atoms with Crippen molar-refractivity contribution in [3.8, 4) is 0 Å². The summed E-state index contributed by atoms with van der Waals surface area (Å²) in [6.45, 7) is -2.82. The first-order valence-corrected chi connectivity index (χ1v) is 7.43. The summed E-state index contributed by atoms with van der Waals surface area (Å²) in [5.74, 6) is -1.20. The van der Waals surface area contributed by atoms with Crippen LogP contribution in [0.15, 0.2) is 24.2 Å². The Balaban J connectivity index is 1.85. The number of nitrogens with one attached hydrogen (secondary N) is 1. The van der Waals surface area contributed by atoms with Crippen molar-refractivity contribution in [1.82, 2.24) is 20.0 Å². The van der Waals surface area contributed by atoms with E-state index in [9.17, 15) is 4.79 Å². The minimum absolute atomic E-state index is 0.0501. The van der Waals surface area contributed by atoms with E-state index in [1.165, 1.54) is 7.05 Å². The Kier molecular flexibility index (Phi) is 1.61. The number of hydrogen-bond donors (Lipinski definition) is 1. The third-order valence-corrected chi connectivity index (χ3v) is 4.18. The van der Waals surface area contributed by atoms with Gasteiger partial charge >= 0.3 is 0 Å². The van der Waals surface area contributed by atoms with E-state index in [0.29, 0.717) is 6.42 Å². The van der Waals surface area contributed by atoms with Gasteiger partial charge in [0.2, 0.25) is 0 Å². The van der Waals surface area contributed by atoms with Gasteiger partial charge < -0.3 is 10.2 Å². The van der Waals surface area contributed by atoms with Crippen LogP contribution in [0, 0.1) is 0 Å².